The highest BCUT2D eigenvalue weighted by atomic mass is 79.9. The van der Waals surface area contributed by atoms with Gasteiger partial charge in [0.1, 0.15) is 5.82 Å². The maximum absolute atomic E-state index is 12.8. The van der Waals surface area contributed by atoms with Gasteiger partial charge in [0.2, 0.25) is 0 Å². The van der Waals surface area contributed by atoms with Gasteiger partial charge in [0.25, 0.3) is 0 Å². The minimum Gasteiger partial charge on any atom is -0.387 e. The lowest BCUT2D eigenvalue weighted by Crippen LogP contribution is -2.33. The number of aliphatic hydroxyl groups is 1. The van der Waals surface area contributed by atoms with E-state index in [1.54, 1.807) is 6.07 Å². The van der Waals surface area contributed by atoms with Gasteiger partial charge in [0.05, 0.1) is 6.10 Å². The van der Waals surface area contributed by atoms with E-state index in [2.05, 4.69) is 15.9 Å². The van der Waals surface area contributed by atoms with Crippen LogP contribution in [0.15, 0.2) is 22.7 Å². The maximum Gasteiger partial charge on any atom is 0.124 e. The summed E-state index contributed by atoms with van der Waals surface area (Å²) in [4.78, 5) is 0. The van der Waals surface area contributed by atoms with Crippen molar-refractivity contribution < 1.29 is 9.50 Å². The molecule has 0 saturated carbocycles. The van der Waals surface area contributed by atoms with Gasteiger partial charge in [-0.15, -0.1) is 0 Å². The minimum atomic E-state index is -0.778. The van der Waals surface area contributed by atoms with Gasteiger partial charge in [-0.2, -0.15) is 0 Å². The zero-order valence-electron chi connectivity index (χ0n) is 8.74. The van der Waals surface area contributed by atoms with Gasteiger partial charge < -0.3 is 10.8 Å². The molecule has 0 aliphatic rings. The van der Waals surface area contributed by atoms with Crippen LogP contribution in [0.1, 0.15) is 25.5 Å². The lowest BCUT2D eigenvalue weighted by Gasteiger charge is -2.23. The quantitative estimate of drug-likeness (QED) is 0.891. The van der Waals surface area contributed by atoms with Crippen LogP contribution in [0.25, 0.3) is 0 Å². The van der Waals surface area contributed by atoms with Crippen molar-refractivity contribution in [2.45, 2.75) is 26.0 Å². The van der Waals surface area contributed by atoms with Crippen LogP contribution in [0.2, 0.25) is 0 Å². The zero-order valence-corrected chi connectivity index (χ0v) is 10.3. The predicted molar refractivity (Wildman–Crippen MR) is 61.9 cm³/mol. The third-order valence-electron chi connectivity index (χ3n) is 2.42. The molecule has 1 aromatic carbocycles. The number of hydrogen-bond donors (Lipinski definition) is 2. The molecular weight excluding hydrogens is 261 g/mol. The van der Waals surface area contributed by atoms with Crippen molar-refractivity contribution in [3.8, 4) is 0 Å². The number of hydrogen-bond acceptors (Lipinski definition) is 2. The molecule has 1 rings (SSSR count). The molecule has 0 heterocycles. The number of nitrogens with two attached hydrogens (primary N) is 1. The number of halogens is 2. The molecule has 0 aromatic heterocycles. The Hall–Kier alpha value is -0.450. The van der Waals surface area contributed by atoms with Crippen LogP contribution in [-0.2, 0) is 0 Å². The van der Waals surface area contributed by atoms with Crippen LogP contribution in [0.3, 0.4) is 0 Å². The van der Waals surface area contributed by atoms with E-state index in [9.17, 15) is 9.50 Å². The van der Waals surface area contributed by atoms with Crippen molar-refractivity contribution >= 4 is 15.9 Å². The summed E-state index contributed by atoms with van der Waals surface area (Å²) in [6.45, 7) is 3.87. The second-order valence-corrected chi connectivity index (χ2v) is 4.79. The lowest BCUT2D eigenvalue weighted by atomic mass is 9.94. The Bertz CT molecular complexity index is 343. The molecule has 0 saturated heterocycles. The maximum atomic E-state index is 12.8. The van der Waals surface area contributed by atoms with Crippen LogP contribution < -0.4 is 5.73 Å². The number of aliphatic hydroxyl groups excluding tert-OH is 1. The summed E-state index contributed by atoms with van der Waals surface area (Å²) in [7, 11) is 0. The molecule has 0 fully saturated rings. The van der Waals surface area contributed by atoms with Gasteiger partial charge in [0.15, 0.2) is 0 Å². The van der Waals surface area contributed by atoms with Gasteiger partial charge in [-0.1, -0.05) is 35.8 Å². The molecule has 2 unspecified atom stereocenters. The van der Waals surface area contributed by atoms with E-state index in [1.165, 1.54) is 12.1 Å². The van der Waals surface area contributed by atoms with Crippen LogP contribution in [0, 0.1) is 11.7 Å². The highest BCUT2D eigenvalue weighted by Crippen LogP contribution is 2.27. The molecule has 2 nitrogen and oxygen atoms in total. The molecule has 2 atom stereocenters. The van der Waals surface area contributed by atoms with Crippen molar-refractivity contribution in [2.24, 2.45) is 11.7 Å². The van der Waals surface area contributed by atoms with Gasteiger partial charge in [-0.05, 0) is 23.6 Å². The topological polar surface area (TPSA) is 46.2 Å². The second kappa shape index (κ2) is 5.05. The minimum absolute atomic E-state index is 0.164. The average Bonchev–Trinajstić information content (AvgIpc) is 2.15. The summed E-state index contributed by atoms with van der Waals surface area (Å²) in [6.07, 6.45) is -0.778. The Morgan fingerprint density at radius 3 is 2.47 bits per heavy atom. The van der Waals surface area contributed by atoms with E-state index in [4.69, 9.17) is 5.73 Å². The first-order valence-electron chi connectivity index (χ1n) is 4.82. The molecule has 0 aliphatic carbocycles. The Balaban J connectivity index is 2.96. The van der Waals surface area contributed by atoms with Crippen LogP contribution >= 0.6 is 15.9 Å². The van der Waals surface area contributed by atoms with Crippen molar-refractivity contribution in [3.05, 3.63) is 34.1 Å². The summed E-state index contributed by atoms with van der Waals surface area (Å²) in [6, 6.07) is 3.83. The summed E-state index contributed by atoms with van der Waals surface area (Å²) in [5.41, 5.74) is 6.46. The summed E-state index contributed by atoms with van der Waals surface area (Å²) < 4.78 is 13.4. The van der Waals surface area contributed by atoms with E-state index in [1.807, 2.05) is 13.8 Å². The SMILES string of the molecule is CC(C)C(N)C(O)c1ccc(F)cc1Br. The van der Waals surface area contributed by atoms with E-state index in [0.717, 1.165) is 0 Å². The Morgan fingerprint density at radius 2 is 2.00 bits per heavy atom. The van der Waals surface area contributed by atoms with E-state index < -0.39 is 6.10 Å². The van der Waals surface area contributed by atoms with Crippen molar-refractivity contribution in [1.82, 2.24) is 0 Å². The first-order valence-corrected chi connectivity index (χ1v) is 5.61. The first-order chi connectivity index (χ1) is 6.93. The van der Waals surface area contributed by atoms with Crippen molar-refractivity contribution in [2.75, 3.05) is 0 Å². The molecule has 0 radical (unpaired) electrons. The van der Waals surface area contributed by atoms with Crippen molar-refractivity contribution in [1.29, 1.82) is 0 Å². The normalized spacial score (nSPS) is 15.4. The Morgan fingerprint density at radius 1 is 1.40 bits per heavy atom. The molecular formula is C11H15BrFNO. The molecule has 0 aliphatic heterocycles. The highest BCUT2D eigenvalue weighted by molar-refractivity contribution is 9.10. The first kappa shape index (κ1) is 12.6. The highest BCUT2D eigenvalue weighted by Gasteiger charge is 2.21. The molecule has 84 valence electrons. The van der Waals surface area contributed by atoms with E-state index in [-0.39, 0.29) is 17.8 Å². The average molecular weight is 276 g/mol. The molecule has 3 N–H and O–H groups in total. The largest absolute Gasteiger partial charge is 0.387 e. The fourth-order valence-electron chi connectivity index (χ4n) is 1.31. The predicted octanol–water partition coefficient (Wildman–Crippen LogP) is 2.60. The van der Waals surface area contributed by atoms with Gasteiger partial charge in [-0.25, -0.2) is 4.39 Å². The fourth-order valence-corrected chi connectivity index (χ4v) is 1.90. The summed E-state index contributed by atoms with van der Waals surface area (Å²) >= 11 is 3.21. The molecule has 0 bridgehead atoms. The molecule has 0 spiro atoms. The Labute approximate surface area is 97.4 Å². The van der Waals surface area contributed by atoms with Gasteiger partial charge in [-0.3, -0.25) is 0 Å². The Kier molecular flexibility index (Phi) is 4.25. The van der Waals surface area contributed by atoms with Crippen LogP contribution in [0.5, 0.6) is 0 Å². The van der Waals surface area contributed by atoms with Gasteiger partial charge >= 0.3 is 0 Å². The van der Waals surface area contributed by atoms with E-state index >= 15 is 0 Å². The summed E-state index contributed by atoms with van der Waals surface area (Å²) in [5, 5.41) is 9.95. The number of rotatable bonds is 3. The van der Waals surface area contributed by atoms with Crippen LogP contribution in [0.4, 0.5) is 4.39 Å². The monoisotopic (exact) mass is 275 g/mol. The van der Waals surface area contributed by atoms with Crippen LogP contribution in [-0.4, -0.2) is 11.1 Å². The molecule has 1 aromatic rings. The third kappa shape index (κ3) is 3.00. The molecule has 15 heavy (non-hydrogen) atoms. The smallest absolute Gasteiger partial charge is 0.124 e. The lowest BCUT2D eigenvalue weighted by molar-refractivity contribution is 0.125. The fraction of sp³-hybridized carbons (Fsp3) is 0.455. The van der Waals surface area contributed by atoms with Gasteiger partial charge in [0, 0.05) is 10.5 Å². The van der Waals surface area contributed by atoms with Crippen molar-refractivity contribution in [3.63, 3.8) is 0 Å². The number of benzene rings is 1. The summed E-state index contributed by atoms with van der Waals surface area (Å²) in [5.74, 6) is -0.173. The third-order valence-corrected chi connectivity index (χ3v) is 3.10. The van der Waals surface area contributed by atoms with E-state index in [0.29, 0.717) is 10.0 Å². The second-order valence-electron chi connectivity index (χ2n) is 3.93. The molecule has 0 amide bonds. The zero-order chi connectivity index (χ0) is 11.6. The standard InChI is InChI=1S/C11H15BrFNO/c1-6(2)10(14)11(15)8-4-3-7(13)5-9(8)12/h3-6,10-11,15H,14H2,1-2H3. The molecule has 4 heteroatoms.